The van der Waals surface area contributed by atoms with Gasteiger partial charge in [0, 0.05) is 44.3 Å². The normalized spacial score (nSPS) is 34.4. The Labute approximate surface area is 124 Å². The summed E-state index contributed by atoms with van der Waals surface area (Å²) in [6.07, 6.45) is 3.07. The van der Waals surface area contributed by atoms with E-state index >= 15 is 0 Å². The average molecular weight is 283 g/mol. The molecule has 4 heteroatoms. The second-order valence-corrected chi connectivity index (χ2v) is 7.41. The predicted octanol–water partition coefficient (Wildman–Crippen LogP) is 1.56. The molecule has 1 N–H and O–H groups in total. The predicted molar refractivity (Wildman–Crippen MR) is 84.2 cm³/mol. The Bertz CT molecular complexity index is 290. The van der Waals surface area contributed by atoms with Crippen LogP contribution >= 0.6 is 0 Å². The van der Waals surface area contributed by atoms with E-state index in [1.165, 1.54) is 26.2 Å². The van der Waals surface area contributed by atoms with Crippen LogP contribution in [0.1, 0.15) is 40.5 Å². The molecule has 0 radical (unpaired) electrons. The van der Waals surface area contributed by atoms with Crippen molar-refractivity contribution in [1.82, 2.24) is 15.1 Å². The van der Waals surface area contributed by atoms with E-state index in [0.29, 0.717) is 18.2 Å². The summed E-state index contributed by atoms with van der Waals surface area (Å²) < 4.78 is 5.82. The molecule has 0 amide bonds. The molecule has 0 saturated carbocycles. The highest BCUT2D eigenvalue weighted by Gasteiger charge is 2.31. The Morgan fingerprint density at radius 1 is 1.05 bits per heavy atom. The van der Waals surface area contributed by atoms with Gasteiger partial charge in [0.25, 0.3) is 0 Å². The fraction of sp³-hybridized carbons (Fsp3) is 1.00. The topological polar surface area (TPSA) is 27.7 Å². The number of hydrogen-bond donors (Lipinski definition) is 1. The van der Waals surface area contributed by atoms with Crippen molar-refractivity contribution in [2.24, 2.45) is 0 Å². The lowest BCUT2D eigenvalue weighted by Crippen LogP contribution is -2.58. The van der Waals surface area contributed by atoms with Crippen LogP contribution in [0.4, 0.5) is 0 Å². The largest absolute Gasteiger partial charge is 0.375 e. The lowest BCUT2D eigenvalue weighted by molar-refractivity contribution is -0.0444. The molecule has 20 heavy (non-hydrogen) atoms. The second kappa shape index (κ2) is 6.73. The maximum absolute atomic E-state index is 5.82. The molecule has 118 valence electrons. The fourth-order valence-corrected chi connectivity index (χ4v) is 3.49. The van der Waals surface area contributed by atoms with Gasteiger partial charge in [0.15, 0.2) is 0 Å². The molecule has 0 aromatic carbocycles. The van der Waals surface area contributed by atoms with Crippen LogP contribution in [-0.2, 0) is 4.74 Å². The molecule has 2 aliphatic rings. The van der Waals surface area contributed by atoms with Crippen LogP contribution in [0.5, 0.6) is 0 Å². The summed E-state index contributed by atoms with van der Waals surface area (Å²) in [5.41, 5.74) is 0.242. The van der Waals surface area contributed by atoms with Crippen LogP contribution in [-0.4, -0.2) is 73.4 Å². The van der Waals surface area contributed by atoms with Crippen LogP contribution in [0, 0.1) is 0 Å². The van der Waals surface area contributed by atoms with E-state index in [2.05, 4.69) is 49.9 Å². The third-order valence-electron chi connectivity index (χ3n) is 4.88. The van der Waals surface area contributed by atoms with E-state index < -0.39 is 0 Å². The summed E-state index contributed by atoms with van der Waals surface area (Å²) in [4.78, 5) is 5.05. The van der Waals surface area contributed by atoms with Crippen molar-refractivity contribution >= 4 is 0 Å². The number of ether oxygens (including phenoxy) is 1. The smallest absolute Gasteiger partial charge is 0.0565 e. The van der Waals surface area contributed by atoms with Gasteiger partial charge in [-0.25, -0.2) is 0 Å². The molecule has 2 heterocycles. The number of hydrogen-bond acceptors (Lipinski definition) is 4. The molecule has 0 bridgehead atoms. The van der Waals surface area contributed by atoms with Gasteiger partial charge in [-0.05, 0) is 47.6 Å². The van der Waals surface area contributed by atoms with E-state index in [1.807, 2.05) is 0 Å². The first-order valence-electron chi connectivity index (χ1n) is 8.19. The maximum Gasteiger partial charge on any atom is 0.0565 e. The number of nitrogens with zero attached hydrogens (tertiary/aromatic N) is 2. The molecule has 2 rings (SSSR count). The van der Waals surface area contributed by atoms with Gasteiger partial charge in [-0.3, -0.25) is 4.90 Å². The van der Waals surface area contributed by atoms with Crippen molar-refractivity contribution in [1.29, 1.82) is 0 Å². The summed E-state index contributed by atoms with van der Waals surface area (Å²) in [7, 11) is 2.22. The van der Waals surface area contributed by atoms with Gasteiger partial charge in [0.05, 0.1) is 12.2 Å². The van der Waals surface area contributed by atoms with Crippen LogP contribution in [0.2, 0.25) is 0 Å². The Morgan fingerprint density at radius 3 is 2.15 bits per heavy atom. The van der Waals surface area contributed by atoms with Gasteiger partial charge >= 0.3 is 0 Å². The minimum absolute atomic E-state index is 0.242. The molecule has 2 aliphatic heterocycles. The first-order chi connectivity index (χ1) is 9.37. The van der Waals surface area contributed by atoms with Crippen LogP contribution in [0.25, 0.3) is 0 Å². The van der Waals surface area contributed by atoms with Crippen LogP contribution in [0.15, 0.2) is 0 Å². The lowest BCUT2D eigenvalue weighted by atomic mass is 9.96. The molecule has 0 aromatic heterocycles. The fourth-order valence-electron chi connectivity index (χ4n) is 3.49. The van der Waals surface area contributed by atoms with Gasteiger partial charge in [0.1, 0.15) is 0 Å². The summed E-state index contributed by atoms with van der Waals surface area (Å²) in [6.45, 7) is 14.9. The molecular weight excluding hydrogens is 250 g/mol. The lowest BCUT2D eigenvalue weighted by Gasteiger charge is -2.44. The highest BCUT2D eigenvalue weighted by atomic mass is 16.5. The molecule has 0 aromatic rings. The molecule has 2 fully saturated rings. The highest BCUT2D eigenvalue weighted by Crippen LogP contribution is 2.21. The molecule has 0 spiro atoms. The molecule has 0 aliphatic carbocycles. The van der Waals surface area contributed by atoms with Gasteiger partial charge in [0.2, 0.25) is 0 Å². The van der Waals surface area contributed by atoms with E-state index in [1.54, 1.807) is 0 Å². The van der Waals surface area contributed by atoms with Gasteiger partial charge in [-0.1, -0.05) is 0 Å². The summed E-state index contributed by atoms with van der Waals surface area (Å²) in [6, 6.07) is 0.612. The third kappa shape index (κ3) is 4.42. The van der Waals surface area contributed by atoms with E-state index in [0.717, 1.165) is 19.4 Å². The van der Waals surface area contributed by atoms with E-state index in [4.69, 9.17) is 4.74 Å². The van der Waals surface area contributed by atoms with Crippen molar-refractivity contribution in [2.45, 2.75) is 64.3 Å². The Hall–Kier alpha value is -0.160. The van der Waals surface area contributed by atoms with Crippen molar-refractivity contribution in [3.8, 4) is 0 Å². The minimum atomic E-state index is 0.242. The Kier molecular flexibility index (Phi) is 5.46. The van der Waals surface area contributed by atoms with Crippen molar-refractivity contribution in [3.63, 3.8) is 0 Å². The quantitative estimate of drug-likeness (QED) is 0.847. The number of piperazine rings is 1. The minimum Gasteiger partial charge on any atom is -0.375 e. The zero-order chi connectivity index (χ0) is 14.8. The maximum atomic E-state index is 5.82. The Balaban J connectivity index is 1.79. The third-order valence-corrected chi connectivity index (χ3v) is 4.88. The van der Waals surface area contributed by atoms with Gasteiger partial charge < -0.3 is 15.0 Å². The number of rotatable bonds is 4. The molecule has 2 saturated heterocycles. The molecule has 2 unspecified atom stereocenters. The van der Waals surface area contributed by atoms with Gasteiger partial charge in [-0.15, -0.1) is 0 Å². The standard InChI is InChI=1S/C16H33N3O/c1-13-10-15(11-14(2)20-13)17-12-16(3,4)19-8-6-18(5)7-9-19/h13-15,17H,6-12H2,1-5H3. The van der Waals surface area contributed by atoms with Crippen molar-refractivity contribution < 1.29 is 4.74 Å². The molecular formula is C16H33N3O. The average Bonchev–Trinajstić information content (AvgIpc) is 2.36. The Morgan fingerprint density at radius 2 is 1.60 bits per heavy atom. The number of nitrogens with one attached hydrogen (secondary N) is 1. The van der Waals surface area contributed by atoms with Crippen LogP contribution < -0.4 is 5.32 Å². The zero-order valence-corrected chi connectivity index (χ0v) is 14.0. The van der Waals surface area contributed by atoms with Gasteiger partial charge in [-0.2, -0.15) is 0 Å². The molecule has 4 nitrogen and oxygen atoms in total. The van der Waals surface area contributed by atoms with Crippen molar-refractivity contribution in [2.75, 3.05) is 39.8 Å². The first-order valence-corrected chi connectivity index (χ1v) is 8.19. The van der Waals surface area contributed by atoms with Crippen LogP contribution in [0.3, 0.4) is 0 Å². The van der Waals surface area contributed by atoms with Crippen molar-refractivity contribution in [3.05, 3.63) is 0 Å². The summed E-state index contributed by atoms with van der Waals surface area (Å²) >= 11 is 0. The number of likely N-dealkylation sites (N-methyl/N-ethyl adjacent to an activating group) is 1. The second-order valence-electron chi connectivity index (χ2n) is 7.41. The molecule has 2 atom stereocenters. The SMILES string of the molecule is CC1CC(NCC(C)(C)N2CCN(C)CC2)CC(C)O1. The highest BCUT2D eigenvalue weighted by molar-refractivity contribution is 4.89. The first kappa shape index (κ1) is 16.2. The summed E-state index contributed by atoms with van der Waals surface area (Å²) in [5, 5.41) is 3.80. The van der Waals surface area contributed by atoms with E-state index in [9.17, 15) is 0 Å². The summed E-state index contributed by atoms with van der Waals surface area (Å²) in [5.74, 6) is 0. The zero-order valence-electron chi connectivity index (χ0n) is 14.0. The van der Waals surface area contributed by atoms with E-state index in [-0.39, 0.29) is 5.54 Å². The monoisotopic (exact) mass is 283 g/mol.